The molecule has 1 aliphatic rings. The van der Waals surface area contributed by atoms with Gasteiger partial charge in [0.05, 0.1) is 11.5 Å². The standard InChI is InChI=1S/C20H28N2O5S/c1-4-20(18(23)21-16(3)22-19(20)24)13-7-5-6-8-14-27-28(25,26)17-11-9-15(2)10-12-17/h9-12H,3-8,13-14H2,1-2H3,(H,21,23)(H,22,24). The fourth-order valence-corrected chi connectivity index (χ4v) is 4.14. The van der Waals surface area contributed by atoms with Crippen molar-refractivity contribution in [1.82, 2.24) is 10.6 Å². The van der Waals surface area contributed by atoms with Crippen molar-refractivity contribution in [3.8, 4) is 0 Å². The monoisotopic (exact) mass is 408 g/mol. The predicted molar refractivity (Wildman–Crippen MR) is 106 cm³/mol. The number of rotatable bonds is 10. The number of carbonyl (C=O) groups excluding carboxylic acids is 2. The SMILES string of the molecule is C=C1NC(=O)C(CC)(CCCCCCOS(=O)(=O)c2ccc(C)cc2)C(=O)N1. The van der Waals surface area contributed by atoms with E-state index in [-0.39, 0.29) is 29.1 Å². The van der Waals surface area contributed by atoms with Crippen molar-refractivity contribution < 1.29 is 22.2 Å². The van der Waals surface area contributed by atoms with Crippen molar-refractivity contribution in [3.63, 3.8) is 0 Å². The lowest BCUT2D eigenvalue weighted by Crippen LogP contribution is -2.57. The van der Waals surface area contributed by atoms with Gasteiger partial charge in [0.25, 0.3) is 10.1 Å². The smallest absolute Gasteiger partial charge is 0.296 e. The zero-order valence-corrected chi connectivity index (χ0v) is 17.2. The molecule has 0 aromatic heterocycles. The first kappa shape index (κ1) is 22.1. The van der Waals surface area contributed by atoms with E-state index >= 15 is 0 Å². The fourth-order valence-electron chi connectivity index (χ4n) is 3.20. The maximum Gasteiger partial charge on any atom is 0.296 e. The summed E-state index contributed by atoms with van der Waals surface area (Å²) in [5.41, 5.74) is -0.0830. The predicted octanol–water partition coefficient (Wildman–Crippen LogP) is 2.76. The Labute approximate surface area is 166 Å². The van der Waals surface area contributed by atoms with Gasteiger partial charge in [0.15, 0.2) is 0 Å². The third-order valence-electron chi connectivity index (χ3n) is 5.05. The van der Waals surface area contributed by atoms with Gasteiger partial charge < -0.3 is 10.6 Å². The Morgan fingerprint density at radius 1 is 1.00 bits per heavy atom. The van der Waals surface area contributed by atoms with Crippen molar-refractivity contribution in [2.45, 2.75) is 57.3 Å². The first-order valence-electron chi connectivity index (χ1n) is 9.49. The fraction of sp³-hybridized carbons (Fsp3) is 0.500. The average molecular weight is 409 g/mol. The second kappa shape index (κ2) is 9.34. The highest BCUT2D eigenvalue weighted by atomic mass is 32.2. The molecule has 1 fully saturated rings. The van der Waals surface area contributed by atoms with Gasteiger partial charge in [0.1, 0.15) is 11.2 Å². The molecule has 1 saturated heterocycles. The third-order valence-corrected chi connectivity index (χ3v) is 6.37. The second-order valence-electron chi connectivity index (χ2n) is 7.08. The Kier molecular flexibility index (Phi) is 7.37. The molecule has 1 aliphatic heterocycles. The zero-order chi connectivity index (χ0) is 20.8. The lowest BCUT2D eigenvalue weighted by molar-refractivity contribution is -0.146. The van der Waals surface area contributed by atoms with Gasteiger partial charge in [0, 0.05) is 0 Å². The molecule has 2 rings (SSSR count). The van der Waals surface area contributed by atoms with E-state index in [0.717, 1.165) is 18.4 Å². The number of carbonyl (C=O) groups is 2. The van der Waals surface area contributed by atoms with Crippen molar-refractivity contribution >= 4 is 21.9 Å². The Bertz CT molecular complexity index is 811. The van der Waals surface area contributed by atoms with Crippen LogP contribution in [0.2, 0.25) is 0 Å². The van der Waals surface area contributed by atoms with Crippen molar-refractivity contribution in [1.29, 1.82) is 0 Å². The number of aryl methyl sites for hydroxylation is 1. The molecule has 0 saturated carbocycles. The summed E-state index contributed by atoms with van der Waals surface area (Å²) in [5, 5.41) is 5.19. The molecule has 8 heteroatoms. The van der Waals surface area contributed by atoms with Crippen molar-refractivity contribution in [2.24, 2.45) is 5.41 Å². The number of amides is 2. The minimum Gasteiger partial charge on any atom is -0.312 e. The number of unbranched alkanes of at least 4 members (excludes halogenated alkanes) is 3. The van der Waals surface area contributed by atoms with Crippen LogP contribution in [-0.2, 0) is 23.9 Å². The average Bonchev–Trinajstić information content (AvgIpc) is 2.63. The van der Waals surface area contributed by atoms with Crippen LogP contribution in [0.1, 0.15) is 51.0 Å². The highest BCUT2D eigenvalue weighted by Gasteiger charge is 2.46. The van der Waals surface area contributed by atoms with Crippen LogP contribution >= 0.6 is 0 Å². The maximum absolute atomic E-state index is 12.3. The highest BCUT2D eigenvalue weighted by molar-refractivity contribution is 7.86. The molecule has 1 aromatic carbocycles. The summed E-state index contributed by atoms with van der Waals surface area (Å²) in [7, 11) is -3.73. The van der Waals surface area contributed by atoms with E-state index in [9.17, 15) is 18.0 Å². The summed E-state index contributed by atoms with van der Waals surface area (Å²) in [6, 6.07) is 6.52. The molecular weight excluding hydrogens is 380 g/mol. The van der Waals surface area contributed by atoms with Gasteiger partial charge >= 0.3 is 0 Å². The Morgan fingerprint density at radius 3 is 2.14 bits per heavy atom. The summed E-state index contributed by atoms with van der Waals surface area (Å²) in [4.78, 5) is 24.7. The Hall–Kier alpha value is -2.19. The first-order chi connectivity index (χ1) is 13.2. The second-order valence-corrected chi connectivity index (χ2v) is 8.69. The van der Waals surface area contributed by atoms with E-state index < -0.39 is 15.5 Å². The van der Waals surface area contributed by atoms with Crippen LogP contribution in [0.5, 0.6) is 0 Å². The molecule has 0 atom stereocenters. The molecule has 1 aromatic rings. The molecule has 2 amide bonds. The van der Waals surface area contributed by atoms with Gasteiger partial charge in [-0.1, -0.05) is 50.5 Å². The van der Waals surface area contributed by atoms with Crippen LogP contribution in [0.15, 0.2) is 41.6 Å². The highest BCUT2D eigenvalue weighted by Crippen LogP contribution is 2.32. The molecule has 2 N–H and O–H groups in total. The lowest BCUT2D eigenvalue weighted by Gasteiger charge is -2.34. The summed E-state index contributed by atoms with van der Waals surface area (Å²) in [6.07, 6.45) is 3.65. The van der Waals surface area contributed by atoms with Crippen LogP contribution in [-0.4, -0.2) is 26.8 Å². The molecule has 154 valence electrons. The van der Waals surface area contributed by atoms with E-state index in [2.05, 4.69) is 17.2 Å². The van der Waals surface area contributed by atoms with Gasteiger partial charge in [-0.3, -0.25) is 13.8 Å². The Balaban J connectivity index is 1.73. The van der Waals surface area contributed by atoms with E-state index in [1.807, 2.05) is 13.8 Å². The Morgan fingerprint density at radius 2 is 1.57 bits per heavy atom. The summed E-state index contributed by atoms with van der Waals surface area (Å²) in [5.74, 6) is -0.404. The van der Waals surface area contributed by atoms with E-state index in [4.69, 9.17) is 4.18 Å². The van der Waals surface area contributed by atoms with Gasteiger partial charge in [-0.15, -0.1) is 0 Å². The maximum atomic E-state index is 12.3. The lowest BCUT2D eigenvalue weighted by atomic mass is 9.77. The molecule has 28 heavy (non-hydrogen) atoms. The minimum atomic E-state index is -3.73. The summed E-state index contributed by atoms with van der Waals surface area (Å²) in [6.45, 7) is 7.37. The summed E-state index contributed by atoms with van der Waals surface area (Å²) >= 11 is 0. The number of hydrogen-bond acceptors (Lipinski definition) is 5. The molecule has 0 aliphatic carbocycles. The quantitative estimate of drug-likeness (QED) is 0.352. The van der Waals surface area contributed by atoms with Crippen LogP contribution < -0.4 is 10.6 Å². The van der Waals surface area contributed by atoms with Crippen molar-refractivity contribution in [2.75, 3.05) is 6.61 Å². The zero-order valence-electron chi connectivity index (χ0n) is 16.4. The molecule has 7 nitrogen and oxygen atoms in total. The summed E-state index contributed by atoms with van der Waals surface area (Å²) < 4.78 is 29.3. The largest absolute Gasteiger partial charge is 0.312 e. The van der Waals surface area contributed by atoms with Gasteiger partial charge in [0.2, 0.25) is 11.8 Å². The van der Waals surface area contributed by atoms with Gasteiger partial charge in [-0.2, -0.15) is 8.42 Å². The van der Waals surface area contributed by atoms with Gasteiger partial charge in [-0.25, -0.2) is 0 Å². The first-order valence-corrected chi connectivity index (χ1v) is 10.9. The van der Waals surface area contributed by atoms with E-state index in [0.29, 0.717) is 25.7 Å². The normalized spacial score (nSPS) is 16.6. The van der Waals surface area contributed by atoms with E-state index in [1.165, 1.54) is 12.1 Å². The molecule has 0 unspecified atom stereocenters. The van der Waals surface area contributed by atoms with E-state index in [1.54, 1.807) is 12.1 Å². The molecule has 1 heterocycles. The topological polar surface area (TPSA) is 102 Å². The molecule has 0 radical (unpaired) electrons. The van der Waals surface area contributed by atoms with Crippen molar-refractivity contribution in [3.05, 3.63) is 42.2 Å². The number of benzene rings is 1. The third kappa shape index (κ3) is 5.20. The van der Waals surface area contributed by atoms with Crippen LogP contribution in [0.25, 0.3) is 0 Å². The van der Waals surface area contributed by atoms with Crippen LogP contribution in [0.4, 0.5) is 0 Å². The number of hydrogen-bond donors (Lipinski definition) is 2. The number of nitrogens with one attached hydrogen (secondary N) is 2. The molecule has 0 bridgehead atoms. The molecular formula is C20H28N2O5S. The van der Waals surface area contributed by atoms with Crippen LogP contribution in [0, 0.1) is 12.3 Å². The minimum absolute atomic E-state index is 0.107. The van der Waals surface area contributed by atoms with Crippen LogP contribution in [0.3, 0.4) is 0 Å². The molecule has 0 spiro atoms. The van der Waals surface area contributed by atoms with Gasteiger partial charge in [-0.05, 0) is 38.3 Å².